The minimum atomic E-state index is -0.941. The van der Waals surface area contributed by atoms with E-state index in [0.717, 1.165) is 6.42 Å². The summed E-state index contributed by atoms with van der Waals surface area (Å²) >= 11 is 0. The number of benzene rings is 1. The molecule has 0 aliphatic rings. The molecule has 0 fully saturated rings. The Labute approximate surface area is 106 Å². The summed E-state index contributed by atoms with van der Waals surface area (Å²) in [5.41, 5.74) is 6.15. The summed E-state index contributed by atoms with van der Waals surface area (Å²) in [5.74, 6) is -0.729. The van der Waals surface area contributed by atoms with Crippen molar-refractivity contribution >= 4 is 11.9 Å². The number of hydrogen-bond donors (Lipinski definition) is 1. The maximum absolute atomic E-state index is 11.3. The highest BCUT2D eigenvalue weighted by Gasteiger charge is 2.14. The van der Waals surface area contributed by atoms with Gasteiger partial charge in [-0.1, -0.05) is 19.1 Å². The van der Waals surface area contributed by atoms with Crippen LogP contribution in [-0.4, -0.2) is 24.6 Å². The Kier molecular flexibility index (Phi) is 5.17. The fraction of sp³-hybridized carbons (Fsp3) is 0.385. The van der Waals surface area contributed by atoms with Gasteiger partial charge in [0.25, 0.3) is 5.91 Å². The molecule has 0 aliphatic heterocycles. The van der Waals surface area contributed by atoms with Crippen LogP contribution in [0.25, 0.3) is 0 Å². The number of aryl methyl sites for hydroxylation is 1. The number of amides is 1. The Balaban J connectivity index is 2.40. The Morgan fingerprint density at radius 1 is 1.28 bits per heavy atom. The average Bonchev–Trinajstić information content (AvgIpc) is 2.36. The van der Waals surface area contributed by atoms with Crippen LogP contribution in [0.2, 0.25) is 0 Å². The fourth-order valence-corrected chi connectivity index (χ4v) is 1.25. The van der Waals surface area contributed by atoms with Crippen molar-refractivity contribution in [1.29, 1.82) is 0 Å². The van der Waals surface area contributed by atoms with Gasteiger partial charge in [0.1, 0.15) is 5.75 Å². The molecule has 0 heterocycles. The van der Waals surface area contributed by atoms with Crippen LogP contribution in [0.1, 0.15) is 19.4 Å². The number of esters is 1. The molecule has 2 N–H and O–H groups in total. The maximum Gasteiger partial charge on any atom is 0.344 e. The first-order valence-corrected chi connectivity index (χ1v) is 5.73. The molecule has 5 nitrogen and oxygen atoms in total. The summed E-state index contributed by atoms with van der Waals surface area (Å²) in [6, 6.07) is 7.41. The van der Waals surface area contributed by atoms with Crippen LogP contribution < -0.4 is 10.5 Å². The smallest absolute Gasteiger partial charge is 0.344 e. The average molecular weight is 251 g/mol. The molecule has 1 atom stereocenters. The molecule has 18 heavy (non-hydrogen) atoms. The Bertz CT molecular complexity index is 414. The monoisotopic (exact) mass is 251 g/mol. The number of hydrogen-bond acceptors (Lipinski definition) is 4. The predicted molar refractivity (Wildman–Crippen MR) is 66.1 cm³/mol. The van der Waals surface area contributed by atoms with Crippen molar-refractivity contribution in [2.45, 2.75) is 26.4 Å². The van der Waals surface area contributed by atoms with Gasteiger partial charge in [0.05, 0.1) is 0 Å². The van der Waals surface area contributed by atoms with E-state index in [4.69, 9.17) is 15.2 Å². The quantitative estimate of drug-likeness (QED) is 0.766. The van der Waals surface area contributed by atoms with Crippen molar-refractivity contribution in [2.75, 3.05) is 6.61 Å². The second-order valence-electron chi connectivity index (χ2n) is 3.82. The van der Waals surface area contributed by atoms with Crippen LogP contribution in [0.3, 0.4) is 0 Å². The number of carbonyl (C=O) groups excluding carboxylic acids is 2. The molecule has 0 saturated carbocycles. The molecule has 5 heteroatoms. The lowest BCUT2D eigenvalue weighted by atomic mass is 10.2. The number of primary amides is 1. The van der Waals surface area contributed by atoms with Crippen LogP contribution in [0.5, 0.6) is 5.75 Å². The van der Waals surface area contributed by atoms with Crippen LogP contribution in [0.15, 0.2) is 24.3 Å². The molecule has 0 saturated heterocycles. The van der Waals surface area contributed by atoms with E-state index in [1.807, 2.05) is 12.1 Å². The van der Waals surface area contributed by atoms with E-state index >= 15 is 0 Å². The highest BCUT2D eigenvalue weighted by molar-refractivity contribution is 5.82. The Morgan fingerprint density at radius 2 is 1.89 bits per heavy atom. The molecule has 0 radical (unpaired) electrons. The fourth-order valence-electron chi connectivity index (χ4n) is 1.25. The summed E-state index contributed by atoms with van der Waals surface area (Å²) in [4.78, 5) is 22.0. The van der Waals surface area contributed by atoms with Crippen LogP contribution in [0.4, 0.5) is 0 Å². The lowest BCUT2D eigenvalue weighted by Gasteiger charge is -2.10. The number of carbonyl (C=O) groups is 2. The van der Waals surface area contributed by atoms with Crippen molar-refractivity contribution in [3.63, 3.8) is 0 Å². The topological polar surface area (TPSA) is 78.6 Å². The SMILES string of the molecule is CCc1ccc(OCC(=O)O[C@H](C)C(N)=O)cc1. The van der Waals surface area contributed by atoms with Crippen LogP contribution in [0, 0.1) is 0 Å². The van der Waals surface area contributed by atoms with E-state index in [9.17, 15) is 9.59 Å². The van der Waals surface area contributed by atoms with Crippen LogP contribution in [-0.2, 0) is 20.7 Å². The normalized spacial score (nSPS) is 11.7. The largest absolute Gasteiger partial charge is 0.482 e. The van der Waals surface area contributed by atoms with Crippen molar-refractivity contribution in [2.24, 2.45) is 5.73 Å². The molecule has 1 aromatic rings. The van der Waals surface area contributed by atoms with Gasteiger partial charge in [0.2, 0.25) is 0 Å². The van der Waals surface area contributed by atoms with Crippen molar-refractivity contribution in [3.8, 4) is 5.75 Å². The second-order valence-corrected chi connectivity index (χ2v) is 3.82. The molecule has 0 bridgehead atoms. The third-order valence-electron chi connectivity index (χ3n) is 2.40. The second kappa shape index (κ2) is 6.64. The Hall–Kier alpha value is -2.04. The molecule has 1 aromatic carbocycles. The van der Waals surface area contributed by atoms with Crippen molar-refractivity contribution in [3.05, 3.63) is 29.8 Å². The van der Waals surface area contributed by atoms with Crippen molar-refractivity contribution in [1.82, 2.24) is 0 Å². The molecular weight excluding hydrogens is 234 g/mol. The van der Waals surface area contributed by atoms with Gasteiger partial charge in [-0.2, -0.15) is 0 Å². The maximum atomic E-state index is 11.3. The first-order valence-electron chi connectivity index (χ1n) is 5.73. The standard InChI is InChI=1S/C13H17NO4/c1-3-10-4-6-11(7-5-10)17-8-12(15)18-9(2)13(14)16/h4-7,9H,3,8H2,1-2H3,(H2,14,16)/t9-/m1/s1. The first kappa shape index (κ1) is 14.0. The van der Waals surface area contributed by atoms with E-state index < -0.39 is 18.0 Å². The molecule has 0 unspecified atom stereocenters. The zero-order chi connectivity index (χ0) is 13.5. The van der Waals surface area contributed by atoms with Gasteiger partial charge < -0.3 is 15.2 Å². The summed E-state index contributed by atoms with van der Waals surface area (Å²) < 4.78 is 9.96. The first-order chi connectivity index (χ1) is 8.52. The number of nitrogens with two attached hydrogens (primary N) is 1. The lowest BCUT2D eigenvalue weighted by molar-refractivity contribution is -0.155. The zero-order valence-electron chi connectivity index (χ0n) is 10.5. The molecule has 0 aromatic heterocycles. The van der Waals surface area contributed by atoms with E-state index in [1.54, 1.807) is 12.1 Å². The van der Waals surface area contributed by atoms with Crippen LogP contribution >= 0.6 is 0 Å². The highest BCUT2D eigenvalue weighted by atomic mass is 16.6. The summed E-state index contributed by atoms with van der Waals surface area (Å²) in [6.07, 6.45) is 0.00176. The van der Waals surface area contributed by atoms with E-state index in [-0.39, 0.29) is 6.61 Å². The third kappa shape index (κ3) is 4.45. The van der Waals surface area contributed by atoms with Gasteiger partial charge in [-0.25, -0.2) is 4.79 Å². The van der Waals surface area contributed by atoms with Gasteiger partial charge in [-0.3, -0.25) is 4.79 Å². The summed E-state index contributed by atoms with van der Waals surface area (Å²) in [7, 11) is 0. The van der Waals surface area contributed by atoms with Crippen molar-refractivity contribution < 1.29 is 19.1 Å². The van der Waals surface area contributed by atoms with E-state index in [2.05, 4.69) is 6.92 Å². The molecule has 98 valence electrons. The molecule has 1 rings (SSSR count). The van der Waals surface area contributed by atoms with Gasteiger partial charge >= 0.3 is 5.97 Å². The van der Waals surface area contributed by atoms with Gasteiger partial charge in [-0.05, 0) is 31.0 Å². The van der Waals surface area contributed by atoms with E-state index in [1.165, 1.54) is 12.5 Å². The molecule has 1 amide bonds. The van der Waals surface area contributed by atoms with E-state index in [0.29, 0.717) is 5.75 Å². The number of rotatable bonds is 6. The molecular formula is C13H17NO4. The molecule has 0 spiro atoms. The van der Waals surface area contributed by atoms with Gasteiger partial charge in [0.15, 0.2) is 12.7 Å². The minimum absolute atomic E-state index is 0.247. The summed E-state index contributed by atoms with van der Waals surface area (Å²) in [6.45, 7) is 3.22. The lowest BCUT2D eigenvalue weighted by Crippen LogP contribution is -2.32. The number of ether oxygens (including phenoxy) is 2. The third-order valence-corrected chi connectivity index (χ3v) is 2.40. The van der Waals surface area contributed by atoms with Gasteiger partial charge in [0, 0.05) is 0 Å². The molecule has 0 aliphatic carbocycles. The summed E-state index contributed by atoms with van der Waals surface area (Å²) in [5, 5.41) is 0. The van der Waals surface area contributed by atoms with Gasteiger partial charge in [-0.15, -0.1) is 0 Å². The highest BCUT2D eigenvalue weighted by Crippen LogP contribution is 2.12. The minimum Gasteiger partial charge on any atom is -0.482 e. The zero-order valence-corrected chi connectivity index (χ0v) is 10.5. The Morgan fingerprint density at radius 3 is 2.39 bits per heavy atom. The predicted octanol–water partition coefficient (Wildman–Crippen LogP) is 1.04.